The summed E-state index contributed by atoms with van der Waals surface area (Å²) in [5.41, 5.74) is 3.68. The Morgan fingerprint density at radius 1 is 1.44 bits per heavy atom. The first-order chi connectivity index (χ1) is 7.81. The lowest BCUT2D eigenvalue weighted by molar-refractivity contribution is 0.0945. The third-order valence-electron chi connectivity index (χ3n) is 2.27. The van der Waals surface area contributed by atoms with E-state index in [2.05, 4.69) is 10.4 Å². The van der Waals surface area contributed by atoms with Crippen LogP contribution in [-0.4, -0.2) is 15.5 Å². The number of nitrogens with zero attached hydrogens (tertiary/aromatic N) is 2. The fourth-order valence-electron chi connectivity index (χ4n) is 1.52. The molecule has 0 bridgehead atoms. The minimum absolute atomic E-state index is 0.297. The van der Waals surface area contributed by atoms with Crippen LogP contribution in [0.5, 0.6) is 0 Å². The Hall–Kier alpha value is -2.14. The fourth-order valence-corrected chi connectivity index (χ4v) is 1.52. The SMILES string of the molecule is NNC(=O)c1cccn1Cc1cccnc1. The summed E-state index contributed by atoms with van der Waals surface area (Å²) >= 11 is 0. The largest absolute Gasteiger partial charge is 0.339 e. The van der Waals surface area contributed by atoms with Gasteiger partial charge in [-0.05, 0) is 23.8 Å². The van der Waals surface area contributed by atoms with Gasteiger partial charge < -0.3 is 4.57 Å². The zero-order valence-corrected chi connectivity index (χ0v) is 8.63. The maximum Gasteiger partial charge on any atom is 0.281 e. The Morgan fingerprint density at radius 2 is 2.31 bits per heavy atom. The summed E-state index contributed by atoms with van der Waals surface area (Å²) in [5, 5.41) is 0. The van der Waals surface area contributed by atoms with E-state index in [4.69, 9.17) is 5.84 Å². The molecule has 1 amide bonds. The minimum atomic E-state index is -0.297. The van der Waals surface area contributed by atoms with E-state index in [0.717, 1.165) is 5.56 Å². The second-order valence-corrected chi connectivity index (χ2v) is 3.36. The maximum atomic E-state index is 11.4. The Bertz CT molecular complexity index is 478. The molecule has 3 N–H and O–H groups in total. The molecule has 0 unspecified atom stereocenters. The predicted molar refractivity (Wildman–Crippen MR) is 59.4 cm³/mol. The number of rotatable bonds is 3. The third-order valence-corrected chi connectivity index (χ3v) is 2.27. The van der Waals surface area contributed by atoms with Gasteiger partial charge in [0.25, 0.3) is 5.91 Å². The molecular formula is C11H12N4O. The highest BCUT2D eigenvalue weighted by Crippen LogP contribution is 2.06. The van der Waals surface area contributed by atoms with E-state index < -0.39 is 0 Å². The number of amides is 1. The molecule has 0 aliphatic carbocycles. The van der Waals surface area contributed by atoms with Crippen LogP contribution in [-0.2, 0) is 6.54 Å². The molecule has 2 aromatic rings. The molecule has 0 atom stereocenters. The van der Waals surface area contributed by atoms with Crippen molar-refractivity contribution in [2.24, 2.45) is 5.84 Å². The van der Waals surface area contributed by atoms with E-state index in [1.807, 2.05) is 22.9 Å². The van der Waals surface area contributed by atoms with E-state index in [1.165, 1.54) is 0 Å². The topological polar surface area (TPSA) is 72.9 Å². The molecule has 2 aromatic heterocycles. The van der Waals surface area contributed by atoms with Gasteiger partial charge in [0.15, 0.2) is 0 Å². The molecule has 5 nitrogen and oxygen atoms in total. The third kappa shape index (κ3) is 2.09. The lowest BCUT2D eigenvalue weighted by Gasteiger charge is -2.07. The number of nitrogens with two attached hydrogens (primary N) is 1. The Kier molecular flexibility index (Phi) is 2.98. The van der Waals surface area contributed by atoms with E-state index in [9.17, 15) is 4.79 Å². The number of nitrogens with one attached hydrogen (secondary N) is 1. The second-order valence-electron chi connectivity index (χ2n) is 3.36. The highest BCUT2D eigenvalue weighted by molar-refractivity contribution is 5.92. The summed E-state index contributed by atoms with van der Waals surface area (Å²) in [4.78, 5) is 15.4. The monoisotopic (exact) mass is 216 g/mol. The van der Waals surface area contributed by atoms with Gasteiger partial charge >= 0.3 is 0 Å². The Balaban J connectivity index is 2.22. The quantitative estimate of drug-likeness (QED) is 0.446. The highest BCUT2D eigenvalue weighted by Gasteiger charge is 2.08. The molecule has 16 heavy (non-hydrogen) atoms. The van der Waals surface area contributed by atoms with Crippen molar-refractivity contribution in [3.63, 3.8) is 0 Å². The molecule has 2 heterocycles. The zero-order valence-electron chi connectivity index (χ0n) is 8.63. The molecule has 0 saturated carbocycles. The van der Waals surface area contributed by atoms with E-state index in [0.29, 0.717) is 12.2 Å². The molecule has 5 heteroatoms. The minimum Gasteiger partial charge on any atom is -0.339 e. The van der Waals surface area contributed by atoms with E-state index in [-0.39, 0.29) is 5.91 Å². The first-order valence-corrected chi connectivity index (χ1v) is 4.86. The molecule has 0 aliphatic heterocycles. The van der Waals surface area contributed by atoms with Gasteiger partial charge in [0.2, 0.25) is 0 Å². The number of hydrazine groups is 1. The van der Waals surface area contributed by atoms with Crippen LogP contribution in [0.15, 0.2) is 42.9 Å². The lowest BCUT2D eigenvalue weighted by atomic mass is 10.3. The van der Waals surface area contributed by atoms with Crippen LogP contribution in [0.3, 0.4) is 0 Å². The van der Waals surface area contributed by atoms with Gasteiger partial charge in [-0.2, -0.15) is 0 Å². The predicted octanol–water partition coefficient (Wildman–Crippen LogP) is 0.535. The number of nitrogen functional groups attached to an aromatic ring is 1. The van der Waals surface area contributed by atoms with Crippen LogP contribution in [0.4, 0.5) is 0 Å². The normalized spacial score (nSPS) is 10.1. The van der Waals surface area contributed by atoms with Crippen molar-refractivity contribution in [1.29, 1.82) is 0 Å². The Labute approximate surface area is 92.9 Å². The van der Waals surface area contributed by atoms with Crippen molar-refractivity contribution < 1.29 is 4.79 Å². The van der Waals surface area contributed by atoms with E-state index in [1.54, 1.807) is 24.5 Å². The van der Waals surface area contributed by atoms with Crippen LogP contribution in [0.2, 0.25) is 0 Å². The molecule has 82 valence electrons. The standard InChI is InChI=1S/C11H12N4O/c12-14-11(16)10-4-2-6-15(10)8-9-3-1-5-13-7-9/h1-7H,8,12H2,(H,14,16). The number of carbonyl (C=O) groups is 1. The maximum absolute atomic E-state index is 11.4. The van der Waals surface area contributed by atoms with Crippen molar-refractivity contribution in [2.45, 2.75) is 6.54 Å². The van der Waals surface area contributed by atoms with E-state index >= 15 is 0 Å². The van der Waals surface area contributed by atoms with Crippen LogP contribution in [0.25, 0.3) is 0 Å². The molecule has 0 radical (unpaired) electrons. The molecule has 0 aromatic carbocycles. The van der Waals surface area contributed by atoms with Crippen molar-refractivity contribution >= 4 is 5.91 Å². The van der Waals surface area contributed by atoms with Crippen LogP contribution in [0.1, 0.15) is 16.1 Å². The summed E-state index contributed by atoms with van der Waals surface area (Å²) in [6, 6.07) is 7.35. The summed E-state index contributed by atoms with van der Waals surface area (Å²) in [6.07, 6.45) is 5.31. The lowest BCUT2D eigenvalue weighted by Crippen LogP contribution is -2.31. The number of carbonyl (C=O) groups excluding carboxylic acids is 1. The number of aromatic nitrogens is 2. The molecule has 0 fully saturated rings. The van der Waals surface area contributed by atoms with Gasteiger partial charge in [0, 0.05) is 25.1 Å². The van der Waals surface area contributed by atoms with Gasteiger partial charge in [0.1, 0.15) is 5.69 Å². The van der Waals surface area contributed by atoms with Crippen molar-refractivity contribution in [3.05, 3.63) is 54.1 Å². The Morgan fingerprint density at radius 3 is 3.00 bits per heavy atom. The molecule has 0 aliphatic rings. The van der Waals surface area contributed by atoms with Crippen molar-refractivity contribution in [3.8, 4) is 0 Å². The number of hydrogen-bond donors (Lipinski definition) is 2. The van der Waals surface area contributed by atoms with Gasteiger partial charge in [-0.1, -0.05) is 6.07 Å². The van der Waals surface area contributed by atoms with Crippen molar-refractivity contribution in [1.82, 2.24) is 15.0 Å². The van der Waals surface area contributed by atoms with Gasteiger partial charge in [0.05, 0.1) is 0 Å². The highest BCUT2D eigenvalue weighted by atomic mass is 16.2. The summed E-state index contributed by atoms with van der Waals surface area (Å²) in [5.74, 6) is 4.80. The first kappa shape index (κ1) is 10.4. The van der Waals surface area contributed by atoms with Crippen molar-refractivity contribution in [2.75, 3.05) is 0 Å². The smallest absolute Gasteiger partial charge is 0.281 e. The average Bonchev–Trinajstić information content (AvgIpc) is 2.77. The van der Waals surface area contributed by atoms with Crippen LogP contribution < -0.4 is 11.3 Å². The summed E-state index contributed by atoms with van der Waals surface area (Å²) in [6.45, 7) is 0.601. The molecule has 0 saturated heterocycles. The van der Waals surface area contributed by atoms with Crippen LogP contribution >= 0.6 is 0 Å². The van der Waals surface area contributed by atoms with Gasteiger partial charge in [-0.25, -0.2) is 5.84 Å². The van der Waals surface area contributed by atoms with Gasteiger partial charge in [-0.3, -0.25) is 15.2 Å². The number of hydrogen-bond acceptors (Lipinski definition) is 3. The molecule has 0 spiro atoms. The molecule has 2 rings (SSSR count). The second kappa shape index (κ2) is 4.59. The van der Waals surface area contributed by atoms with Gasteiger partial charge in [-0.15, -0.1) is 0 Å². The summed E-state index contributed by atoms with van der Waals surface area (Å²) in [7, 11) is 0. The number of pyridine rings is 1. The summed E-state index contributed by atoms with van der Waals surface area (Å²) < 4.78 is 1.82. The first-order valence-electron chi connectivity index (χ1n) is 4.86. The molecular weight excluding hydrogens is 204 g/mol. The fraction of sp³-hybridized carbons (Fsp3) is 0.0909. The zero-order chi connectivity index (χ0) is 11.4. The van der Waals surface area contributed by atoms with Crippen LogP contribution in [0, 0.1) is 0 Å². The average molecular weight is 216 g/mol.